The van der Waals surface area contributed by atoms with Crippen LogP contribution in [0.15, 0.2) is 22.7 Å². The fraction of sp³-hybridized carbons (Fsp3) is 0.704. The lowest BCUT2D eigenvalue weighted by Crippen LogP contribution is -2.38. The van der Waals surface area contributed by atoms with Crippen LogP contribution in [-0.2, 0) is 14.3 Å². The lowest BCUT2D eigenvalue weighted by Gasteiger charge is -2.31. The molecule has 3 heterocycles. The Bertz CT molecular complexity index is 966. The highest BCUT2D eigenvalue weighted by Crippen LogP contribution is 2.36. The zero-order valence-electron chi connectivity index (χ0n) is 20.8. The highest BCUT2D eigenvalue weighted by Gasteiger charge is 2.27. The molecular formula is C27H38N2O6. The molecule has 192 valence electrons. The molecule has 0 radical (unpaired) electrons. The van der Waals surface area contributed by atoms with Crippen molar-refractivity contribution in [1.29, 1.82) is 0 Å². The number of ether oxygens (including phenoxy) is 4. The second-order valence-electron chi connectivity index (χ2n) is 10.4. The van der Waals surface area contributed by atoms with Crippen LogP contribution in [0.3, 0.4) is 0 Å². The Labute approximate surface area is 207 Å². The van der Waals surface area contributed by atoms with Gasteiger partial charge in [-0.25, -0.2) is 0 Å². The van der Waals surface area contributed by atoms with Gasteiger partial charge in [-0.15, -0.1) is 0 Å². The molecule has 0 spiro atoms. The van der Waals surface area contributed by atoms with Gasteiger partial charge >= 0.3 is 5.97 Å². The van der Waals surface area contributed by atoms with Crippen LogP contribution in [0.4, 0.5) is 0 Å². The summed E-state index contributed by atoms with van der Waals surface area (Å²) in [5.41, 5.74) is 0.700. The molecule has 2 atom stereocenters. The van der Waals surface area contributed by atoms with Crippen molar-refractivity contribution in [1.82, 2.24) is 10.1 Å². The van der Waals surface area contributed by atoms with Gasteiger partial charge in [0.2, 0.25) is 0 Å². The molecule has 8 heteroatoms. The number of likely N-dealkylation sites (tertiary alicyclic amines) is 1. The molecule has 2 aliphatic heterocycles. The van der Waals surface area contributed by atoms with Crippen LogP contribution in [-0.4, -0.2) is 68.2 Å². The number of hydrogen-bond acceptors (Lipinski definition) is 8. The van der Waals surface area contributed by atoms with Crippen molar-refractivity contribution in [3.63, 3.8) is 0 Å². The minimum Gasteiger partial charge on any atom is -0.492 e. The summed E-state index contributed by atoms with van der Waals surface area (Å²) in [7, 11) is 0. The topological polar surface area (TPSA) is 83.3 Å². The SMILES string of the molecule is CC1CC(C(=O)OCCN2CCC(COc3noc4cccc(OCC5CCC5)c34)CC2)CCO1. The number of hydrogen-bond donors (Lipinski definition) is 0. The van der Waals surface area contributed by atoms with E-state index in [9.17, 15) is 4.79 Å². The Morgan fingerprint density at radius 3 is 2.66 bits per heavy atom. The first-order valence-electron chi connectivity index (χ1n) is 13.3. The fourth-order valence-corrected chi connectivity index (χ4v) is 5.20. The predicted octanol–water partition coefficient (Wildman–Crippen LogP) is 4.46. The van der Waals surface area contributed by atoms with E-state index < -0.39 is 0 Å². The summed E-state index contributed by atoms with van der Waals surface area (Å²) in [6.45, 7) is 7.23. The average molecular weight is 487 g/mol. The van der Waals surface area contributed by atoms with Crippen molar-refractivity contribution in [2.75, 3.05) is 46.1 Å². The van der Waals surface area contributed by atoms with Gasteiger partial charge in [0.15, 0.2) is 5.58 Å². The van der Waals surface area contributed by atoms with Crippen molar-refractivity contribution in [2.45, 2.75) is 58.0 Å². The summed E-state index contributed by atoms with van der Waals surface area (Å²) in [6.07, 6.45) is 7.57. The van der Waals surface area contributed by atoms with E-state index in [0.717, 1.165) is 63.1 Å². The normalized spacial score (nSPS) is 24.3. The highest BCUT2D eigenvalue weighted by molar-refractivity contribution is 5.88. The molecule has 5 rings (SSSR count). The van der Waals surface area contributed by atoms with E-state index in [4.69, 9.17) is 23.5 Å². The van der Waals surface area contributed by atoms with Crippen LogP contribution < -0.4 is 9.47 Å². The summed E-state index contributed by atoms with van der Waals surface area (Å²) in [4.78, 5) is 14.7. The predicted molar refractivity (Wildman–Crippen MR) is 131 cm³/mol. The summed E-state index contributed by atoms with van der Waals surface area (Å²) >= 11 is 0. The third-order valence-electron chi connectivity index (χ3n) is 7.76. The molecule has 35 heavy (non-hydrogen) atoms. The van der Waals surface area contributed by atoms with E-state index in [1.165, 1.54) is 19.3 Å². The molecule has 0 bridgehead atoms. The quantitative estimate of drug-likeness (QED) is 0.456. The molecule has 0 N–H and O–H groups in total. The molecule has 2 unspecified atom stereocenters. The van der Waals surface area contributed by atoms with E-state index >= 15 is 0 Å². The maximum absolute atomic E-state index is 12.3. The monoisotopic (exact) mass is 486 g/mol. The molecule has 2 saturated heterocycles. The maximum atomic E-state index is 12.3. The number of esters is 1. The molecule has 0 amide bonds. The van der Waals surface area contributed by atoms with Crippen LogP contribution in [0.25, 0.3) is 11.0 Å². The Morgan fingerprint density at radius 1 is 1.09 bits per heavy atom. The number of piperidine rings is 1. The van der Waals surface area contributed by atoms with E-state index in [2.05, 4.69) is 10.1 Å². The minimum atomic E-state index is -0.0701. The molecule has 1 aromatic carbocycles. The average Bonchev–Trinajstić information content (AvgIpc) is 3.26. The Morgan fingerprint density at radius 2 is 1.89 bits per heavy atom. The number of benzene rings is 1. The van der Waals surface area contributed by atoms with Crippen molar-refractivity contribution >= 4 is 16.9 Å². The molecule has 3 aliphatic rings. The van der Waals surface area contributed by atoms with Gasteiger partial charge in [0, 0.05) is 13.2 Å². The highest BCUT2D eigenvalue weighted by atomic mass is 16.5. The van der Waals surface area contributed by atoms with Crippen LogP contribution in [0, 0.1) is 17.8 Å². The second kappa shape index (κ2) is 11.6. The number of aromatic nitrogens is 1. The van der Waals surface area contributed by atoms with Gasteiger partial charge in [0.1, 0.15) is 17.7 Å². The molecule has 1 aliphatic carbocycles. The first-order valence-corrected chi connectivity index (χ1v) is 13.3. The van der Waals surface area contributed by atoms with E-state index in [1.54, 1.807) is 0 Å². The standard InChI is InChI=1S/C27H38N2O6/c1-19-16-22(10-14-31-19)27(30)32-15-13-29-11-8-21(9-12-29)18-34-26-25-23(33-17-20-4-2-5-20)6-3-7-24(25)35-28-26/h3,6-7,19-22H,2,4-5,8-18H2,1H3. The molecule has 2 aromatic rings. The lowest BCUT2D eigenvalue weighted by atomic mass is 9.86. The first kappa shape index (κ1) is 24.4. The van der Waals surface area contributed by atoms with Gasteiger partial charge in [0.05, 0.1) is 25.2 Å². The van der Waals surface area contributed by atoms with Crippen molar-refractivity contribution in [2.24, 2.45) is 17.8 Å². The largest absolute Gasteiger partial charge is 0.492 e. The minimum absolute atomic E-state index is 0.0154. The van der Waals surface area contributed by atoms with E-state index in [-0.39, 0.29) is 18.0 Å². The Kier molecular flexibility index (Phi) is 8.09. The third-order valence-corrected chi connectivity index (χ3v) is 7.76. The summed E-state index contributed by atoms with van der Waals surface area (Å²) in [6, 6.07) is 5.81. The maximum Gasteiger partial charge on any atom is 0.309 e. The molecule has 1 aromatic heterocycles. The van der Waals surface area contributed by atoms with Gasteiger partial charge in [-0.05, 0) is 87.7 Å². The zero-order valence-corrected chi connectivity index (χ0v) is 20.8. The molecule has 1 saturated carbocycles. The van der Waals surface area contributed by atoms with Crippen LogP contribution in [0.1, 0.15) is 51.9 Å². The Balaban J connectivity index is 1.03. The molecule has 8 nitrogen and oxygen atoms in total. The zero-order chi connectivity index (χ0) is 24.0. The number of rotatable bonds is 10. The van der Waals surface area contributed by atoms with Gasteiger partial charge in [-0.2, -0.15) is 0 Å². The van der Waals surface area contributed by atoms with Gasteiger partial charge < -0.3 is 23.5 Å². The van der Waals surface area contributed by atoms with Crippen LogP contribution in [0.2, 0.25) is 0 Å². The smallest absolute Gasteiger partial charge is 0.309 e. The third kappa shape index (κ3) is 6.28. The van der Waals surface area contributed by atoms with Crippen LogP contribution >= 0.6 is 0 Å². The number of fused-ring (bicyclic) bond motifs is 1. The van der Waals surface area contributed by atoms with Gasteiger partial charge in [0.25, 0.3) is 5.88 Å². The van der Waals surface area contributed by atoms with Gasteiger partial charge in [-0.3, -0.25) is 9.69 Å². The molecular weight excluding hydrogens is 448 g/mol. The first-order chi connectivity index (χ1) is 17.2. The summed E-state index contributed by atoms with van der Waals surface area (Å²) < 4.78 is 28.8. The summed E-state index contributed by atoms with van der Waals surface area (Å²) in [5.74, 6) is 2.37. The number of carbonyl (C=O) groups excluding carboxylic acids is 1. The van der Waals surface area contributed by atoms with Gasteiger partial charge in [-0.1, -0.05) is 12.5 Å². The van der Waals surface area contributed by atoms with Crippen LogP contribution in [0.5, 0.6) is 11.6 Å². The fourth-order valence-electron chi connectivity index (χ4n) is 5.20. The number of nitrogens with zero attached hydrogens (tertiary/aromatic N) is 2. The van der Waals surface area contributed by atoms with Crippen molar-refractivity contribution in [3.05, 3.63) is 18.2 Å². The molecule has 3 fully saturated rings. The van der Waals surface area contributed by atoms with E-state index in [0.29, 0.717) is 43.1 Å². The lowest BCUT2D eigenvalue weighted by molar-refractivity contribution is -0.154. The second-order valence-corrected chi connectivity index (χ2v) is 10.4. The Hall–Kier alpha value is -2.32. The summed E-state index contributed by atoms with van der Waals surface area (Å²) in [5, 5.41) is 5.01. The van der Waals surface area contributed by atoms with Crippen molar-refractivity contribution in [3.8, 4) is 11.6 Å². The van der Waals surface area contributed by atoms with E-state index in [1.807, 2.05) is 25.1 Å². The van der Waals surface area contributed by atoms with Crippen molar-refractivity contribution < 1.29 is 28.3 Å². The number of carbonyl (C=O) groups is 1.